The van der Waals surface area contributed by atoms with Crippen molar-refractivity contribution in [2.45, 2.75) is 13.3 Å². The molecule has 3 N–H and O–H groups in total. The van der Waals surface area contributed by atoms with Crippen LogP contribution in [0, 0.1) is 6.92 Å². The van der Waals surface area contributed by atoms with E-state index in [1.54, 1.807) is 11.0 Å². The Morgan fingerprint density at radius 3 is 2.89 bits per heavy atom. The van der Waals surface area contributed by atoms with Crippen LogP contribution in [0.25, 0.3) is 0 Å². The Morgan fingerprint density at radius 2 is 2.26 bits per heavy atom. The molecule has 6 heteroatoms. The van der Waals surface area contributed by atoms with E-state index >= 15 is 0 Å². The summed E-state index contributed by atoms with van der Waals surface area (Å²) in [6.07, 6.45) is 2.45. The van der Waals surface area contributed by atoms with Crippen LogP contribution >= 0.6 is 12.2 Å². The number of thiocarbonyl (C=S) groups is 1. The third-order valence-corrected chi connectivity index (χ3v) is 3.06. The smallest absolute Gasteiger partial charge is 0.152 e. The van der Waals surface area contributed by atoms with Crippen LogP contribution < -0.4 is 11.1 Å². The molecule has 0 atom stereocenters. The molecule has 0 aliphatic heterocycles. The quantitative estimate of drug-likeness (QED) is 0.808. The summed E-state index contributed by atoms with van der Waals surface area (Å²) in [7, 11) is 1.86. The van der Waals surface area contributed by atoms with E-state index in [0.717, 1.165) is 35.6 Å². The summed E-state index contributed by atoms with van der Waals surface area (Å²) in [5.74, 6) is 0.820. The first-order chi connectivity index (χ1) is 9.08. The number of nitrogens with zero attached hydrogens (tertiary/aromatic N) is 3. The lowest BCUT2D eigenvalue weighted by Gasteiger charge is -2.13. The number of anilines is 1. The van der Waals surface area contributed by atoms with Gasteiger partial charge in [-0.25, -0.2) is 4.98 Å². The molecule has 1 aromatic carbocycles. The Bertz CT molecular complexity index is 590. The molecule has 100 valence electrons. The summed E-state index contributed by atoms with van der Waals surface area (Å²) >= 11 is 5.07. The minimum absolute atomic E-state index is 0.405. The highest BCUT2D eigenvalue weighted by molar-refractivity contribution is 7.80. The van der Waals surface area contributed by atoms with Gasteiger partial charge in [0.1, 0.15) is 11.3 Å². The second-order valence-corrected chi connectivity index (χ2v) is 4.81. The molecule has 1 aromatic heterocycles. The van der Waals surface area contributed by atoms with Gasteiger partial charge in [0.15, 0.2) is 5.82 Å². The van der Waals surface area contributed by atoms with E-state index in [-0.39, 0.29) is 0 Å². The van der Waals surface area contributed by atoms with Crippen LogP contribution in [0.1, 0.15) is 17.0 Å². The Balaban J connectivity index is 2.05. The maximum Gasteiger partial charge on any atom is 0.152 e. The van der Waals surface area contributed by atoms with Gasteiger partial charge >= 0.3 is 0 Å². The molecule has 0 unspecified atom stereocenters. The molecule has 0 bridgehead atoms. The first-order valence-corrected chi connectivity index (χ1v) is 6.46. The Kier molecular flexibility index (Phi) is 4.11. The summed E-state index contributed by atoms with van der Waals surface area (Å²) < 4.78 is 1.70. The first-order valence-electron chi connectivity index (χ1n) is 6.05. The second kappa shape index (κ2) is 5.79. The van der Waals surface area contributed by atoms with E-state index in [4.69, 9.17) is 18.0 Å². The van der Waals surface area contributed by atoms with Crippen LogP contribution in [0.15, 0.2) is 24.5 Å². The van der Waals surface area contributed by atoms with Crippen molar-refractivity contribution in [1.29, 1.82) is 0 Å². The number of hydrogen-bond acceptors (Lipinski definition) is 4. The van der Waals surface area contributed by atoms with Gasteiger partial charge in [0, 0.05) is 31.3 Å². The predicted octanol–water partition coefficient (Wildman–Crippen LogP) is 1.41. The molecule has 0 radical (unpaired) electrons. The van der Waals surface area contributed by atoms with Crippen LogP contribution in [0.3, 0.4) is 0 Å². The molecular weight excluding hydrogens is 258 g/mol. The molecule has 0 saturated carbocycles. The van der Waals surface area contributed by atoms with Gasteiger partial charge in [0.2, 0.25) is 0 Å². The van der Waals surface area contributed by atoms with Crippen molar-refractivity contribution in [2.75, 3.05) is 11.9 Å². The zero-order chi connectivity index (χ0) is 13.8. The van der Waals surface area contributed by atoms with Gasteiger partial charge in [-0.15, -0.1) is 0 Å². The monoisotopic (exact) mass is 275 g/mol. The summed E-state index contributed by atoms with van der Waals surface area (Å²) in [6, 6.07) is 5.91. The van der Waals surface area contributed by atoms with Crippen molar-refractivity contribution in [3.63, 3.8) is 0 Å². The maximum atomic E-state index is 5.73. The highest BCUT2D eigenvalue weighted by Gasteiger charge is 2.07. The van der Waals surface area contributed by atoms with Crippen LogP contribution in [0.2, 0.25) is 0 Å². The van der Waals surface area contributed by atoms with Gasteiger partial charge in [-0.05, 0) is 18.6 Å². The van der Waals surface area contributed by atoms with Crippen molar-refractivity contribution in [2.24, 2.45) is 12.8 Å². The fraction of sp³-hybridized carbons (Fsp3) is 0.308. The third-order valence-electron chi connectivity index (χ3n) is 2.84. The number of nitrogens with two attached hydrogens (primary N) is 1. The van der Waals surface area contributed by atoms with E-state index in [1.807, 2.05) is 32.2 Å². The van der Waals surface area contributed by atoms with Gasteiger partial charge < -0.3 is 11.1 Å². The molecule has 0 amide bonds. The lowest BCUT2D eigenvalue weighted by Crippen LogP contribution is -2.15. The molecule has 0 spiro atoms. The number of benzene rings is 1. The Labute approximate surface area is 117 Å². The molecule has 0 saturated heterocycles. The fourth-order valence-corrected chi connectivity index (χ4v) is 2.08. The minimum atomic E-state index is 0.405. The van der Waals surface area contributed by atoms with Crippen LogP contribution in [0.4, 0.5) is 5.69 Å². The summed E-state index contributed by atoms with van der Waals surface area (Å²) in [6.45, 7) is 2.77. The highest BCUT2D eigenvalue weighted by atomic mass is 32.1. The molecule has 1 heterocycles. The number of hydrogen-bond donors (Lipinski definition) is 2. The lowest BCUT2D eigenvalue weighted by atomic mass is 10.1. The van der Waals surface area contributed by atoms with Gasteiger partial charge in [0.25, 0.3) is 0 Å². The molecular formula is C13H17N5S. The van der Waals surface area contributed by atoms with Gasteiger partial charge in [-0.1, -0.05) is 24.4 Å². The zero-order valence-electron chi connectivity index (χ0n) is 11.1. The lowest BCUT2D eigenvalue weighted by molar-refractivity contribution is 0.742. The van der Waals surface area contributed by atoms with Crippen molar-refractivity contribution in [3.8, 4) is 0 Å². The van der Waals surface area contributed by atoms with Crippen molar-refractivity contribution >= 4 is 22.9 Å². The van der Waals surface area contributed by atoms with E-state index in [0.29, 0.717) is 4.99 Å². The van der Waals surface area contributed by atoms with Gasteiger partial charge in [-0.3, -0.25) is 4.68 Å². The average molecular weight is 275 g/mol. The third kappa shape index (κ3) is 3.29. The zero-order valence-corrected chi connectivity index (χ0v) is 11.9. The average Bonchev–Trinajstić information content (AvgIpc) is 2.77. The molecule has 19 heavy (non-hydrogen) atoms. The van der Waals surface area contributed by atoms with Crippen molar-refractivity contribution < 1.29 is 0 Å². The second-order valence-electron chi connectivity index (χ2n) is 4.37. The molecule has 0 fully saturated rings. The summed E-state index contributed by atoms with van der Waals surface area (Å²) in [4.78, 5) is 4.59. The maximum absolute atomic E-state index is 5.73. The van der Waals surface area contributed by atoms with Crippen LogP contribution in [-0.2, 0) is 13.5 Å². The van der Waals surface area contributed by atoms with Gasteiger partial charge in [0.05, 0.1) is 0 Å². The number of aromatic nitrogens is 3. The topological polar surface area (TPSA) is 68.8 Å². The van der Waals surface area contributed by atoms with Crippen LogP contribution in [-0.4, -0.2) is 26.3 Å². The number of para-hydroxylation sites is 1. The van der Waals surface area contributed by atoms with Crippen LogP contribution in [0.5, 0.6) is 0 Å². The summed E-state index contributed by atoms with van der Waals surface area (Å²) in [5, 5.41) is 7.60. The first kappa shape index (κ1) is 13.5. The molecule has 0 aliphatic rings. The van der Waals surface area contributed by atoms with E-state index in [9.17, 15) is 0 Å². The standard InChI is InChI=1S/C13H17N5S/c1-9-4-3-5-10(13(14)19)12(9)15-7-6-11-16-8-18(2)17-11/h3-5,8,15H,6-7H2,1-2H3,(H2,14,19). The number of nitrogens with one attached hydrogen (secondary N) is 1. The van der Waals surface area contributed by atoms with Crippen molar-refractivity contribution in [3.05, 3.63) is 41.5 Å². The molecule has 2 rings (SSSR count). The minimum Gasteiger partial charge on any atom is -0.389 e. The van der Waals surface area contributed by atoms with Crippen molar-refractivity contribution in [1.82, 2.24) is 14.8 Å². The summed E-state index contributed by atoms with van der Waals surface area (Å²) in [5.41, 5.74) is 8.73. The van der Waals surface area contributed by atoms with Gasteiger partial charge in [-0.2, -0.15) is 5.10 Å². The van der Waals surface area contributed by atoms with E-state index < -0.39 is 0 Å². The Morgan fingerprint density at radius 1 is 1.47 bits per heavy atom. The highest BCUT2D eigenvalue weighted by Crippen LogP contribution is 2.20. The largest absolute Gasteiger partial charge is 0.389 e. The Hall–Kier alpha value is -1.95. The van der Waals surface area contributed by atoms with E-state index in [2.05, 4.69) is 15.4 Å². The fourth-order valence-electron chi connectivity index (χ4n) is 1.91. The van der Waals surface area contributed by atoms with E-state index in [1.165, 1.54) is 0 Å². The molecule has 2 aromatic rings. The number of rotatable bonds is 5. The molecule has 0 aliphatic carbocycles. The SMILES string of the molecule is Cc1cccc(C(N)=S)c1NCCc1ncn(C)n1. The predicted molar refractivity (Wildman–Crippen MR) is 80.3 cm³/mol. The number of aryl methyl sites for hydroxylation is 2. The normalized spacial score (nSPS) is 10.4. The molecule has 5 nitrogen and oxygen atoms in total.